The Morgan fingerprint density at radius 1 is 1.39 bits per heavy atom. The summed E-state index contributed by atoms with van der Waals surface area (Å²) in [5, 5.41) is 6.33. The molecule has 0 saturated carbocycles. The van der Waals surface area contributed by atoms with Crippen molar-refractivity contribution < 1.29 is 9.21 Å². The topological polar surface area (TPSA) is 67.2 Å². The van der Waals surface area contributed by atoms with Gasteiger partial charge in [0.05, 0.1) is 6.20 Å². The average Bonchev–Trinajstić information content (AvgIpc) is 3.23. The molecular formula is C18H23N3O2. The summed E-state index contributed by atoms with van der Waals surface area (Å²) in [7, 11) is 0. The lowest BCUT2D eigenvalue weighted by Gasteiger charge is -2.10. The summed E-state index contributed by atoms with van der Waals surface area (Å²) in [6.45, 7) is 3.81. The molecule has 1 aromatic heterocycles. The van der Waals surface area contributed by atoms with E-state index in [9.17, 15) is 4.79 Å². The van der Waals surface area contributed by atoms with Crippen LogP contribution in [-0.2, 0) is 11.2 Å². The maximum Gasteiger partial charge on any atom is 0.220 e. The van der Waals surface area contributed by atoms with Gasteiger partial charge in [-0.25, -0.2) is 4.98 Å². The van der Waals surface area contributed by atoms with Crippen molar-refractivity contribution in [3.05, 3.63) is 41.9 Å². The first-order chi connectivity index (χ1) is 11.2. The average molecular weight is 313 g/mol. The normalized spacial score (nSPS) is 17.3. The fourth-order valence-electron chi connectivity index (χ4n) is 2.75. The molecule has 5 heteroatoms. The van der Waals surface area contributed by atoms with Crippen molar-refractivity contribution in [3.8, 4) is 11.3 Å². The molecule has 1 aromatic carbocycles. The highest BCUT2D eigenvalue weighted by Crippen LogP contribution is 2.21. The van der Waals surface area contributed by atoms with Gasteiger partial charge in [0.15, 0.2) is 11.7 Å². The molecule has 122 valence electrons. The van der Waals surface area contributed by atoms with E-state index < -0.39 is 0 Å². The van der Waals surface area contributed by atoms with Crippen LogP contribution in [0, 0.1) is 6.92 Å². The number of aromatic nitrogens is 1. The molecule has 1 aliphatic heterocycles. The van der Waals surface area contributed by atoms with E-state index in [-0.39, 0.29) is 5.91 Å². The molecule has 1 aliphatic rings. The van der Waals surface area contributed by atoms with E-state index in [1.54, 1.807) is 6.20 Å². The summed E-state index contributed by atoms with van der Waals surface area (Å²) in [5.41, 5.74) is 2.22. The summed E-state index contributed by atoms with van der Waals surface area (Å²) >= 11 is 0. The number of nitrogens with one attached hydrogen (secondary N) is 2. The van der Waals surface area contributed by atoms with E-state index in [1.807, 2.05) is 24.3 Å². The van der Waals surface area contributed by atoms with Crippen molar-refractivity contribution in [1.82, 2.24) is 15.6 Å². The number of rotatable bonds is 6. The third-order valence-corrected chi connectivity index (χ3v) is 4.16. The van der Waals surface area contributed by atoms with Crippen molar-refractivity contribution in [2.24, 2.45) is 0 Å². The van der Waals surface area contributed by atoms with Crippen LogP contribution in [0.1, 0.15) is 30.7 Å². The van der Waals surface area contributed by atoms with Gasteiger partial charge in [-0.15, -0.1) is 0 Å². The molecule has 2 aromatic rings. The van der Waals surface area contributed by atoms with Crippen LogP contribution in [-0.4, -0.2) is 30.0 Å². The van der Waals surface area contributed by atoms with Crippen LogP contribution in [0.3, 0.4) is 0 Å². The summed E-state index contributed by atoms with van der Waals surface area (Å²) < 4.78 is 5.73. The number of carbonyl (C=O) groups excluding carboxylic acids is 1. The van der Waals surface area contributed by atoms with Gasteiger partial charge < -0.3 is 15.1 Å². The minimum absolute atomic E-state index is 0.0498. The number of benzene rings is 1. The molecule has 23 heavy (non-hydrogen) atoms. The minimum atomic E-state index is 0.0498. The Hall–Kier alpha value is -2.14. The molecule has 2 heterocycles. The number of aryl methyl sites for hydroxylation is 2. The molecule has 0 radical (unpaired) electrons. The molecule has 5 nitrogen and oxygen atoms in total. The van der Waals surface area contributed by atoms with Crippen molar-refractivity contribution in [3.63, 3.8) is 0 Å². The van der Waals surface area contributed by atoms with Crippen LogP contribution in [0.15, 0.2) is 34.9 Å². The van der Waals surface area contributed by atoms with Crippen LogP contribution in [0.25, 0.3) is 11.3 Å². The SMILES string of the molecule is Cc1ccc(-c2cnc(CCC(=O)NCC3CCCN3)o2)cc1. The van der Waals surface area contributed by atoms with Gasteiger partial charge in [-0.05, 0) is 26.3 Å². The molecule has 1 saturated heterocycles. The van der Waals surface area contributed by atoms with Crippen molar-refractivity contribution in [2.45, 2.75) is 38.6 Å². The highest BCUT2D eigenvalue weighted by molar-refractivity contribution is 5.76. The van der Waals surface area contributed by atoms with Crippen LogP contribution in [0.2, 0.25) is 0 Å². The second-order valence-electron chi connectivity index (χ2n) is 6.08. The summed E-state index contributed by atoms with van der Waals surface area (Å²) in [6.07, 6.45) is 4.98. The highest BCUT2D eigenvalue weighted by Gasteiger charge is 2.15. The van der Waals surface area contributed by atoms with Crippen molar-refractivity contribution in [1.29, 1.82) is 0 Å². The molecule has 1 unspecified atom stereocenters. The zero-order valence-corrected chi connectivity index (χ0v) is 13.5. The Kier molecular flexibility index (Phi) is 5.08. The number of amides is 1. The lowest BCUT2D eigenvalue weighted by atomic mass is 10.1. The predicted molar refractivity (Wildman–Crippen MR) is 89.0 cm³/mol. The van der Waals surface area contributed by atoms with Gasteiger partial charge in [-0.3, -0.25) is 4.79 Å². The number of hydrogen-bond acceptors (Lipinski definition) is 4. The minimum Gasteiger partial charge on any atom is -0.441 e. The Morgan fingerprint density at radius 3 is 2.96 bits per heavy atom. The Labute approximate surface area is 136 Å². The summed E-state index contributed by atoms with van der Waals surface area (Å²) in [6, 6.07) is 8.54. The summed E-state index contributed by atoms with van der Waals surface area (Å²) in [4.78, 5) is 16.1. The van der Waals surface area contributed by atoms with Gasteiger partial charge in [0.1, 0.15) is 0 Å². The van der Waals surface area contributed by atoms with E-state index in [1.165, 1.54) is 12.0 Å². The number of hydrogen-bond donors (Lipinski definition) is 2. The van der Waals surface area contributed by atoms with E-state index in [4.69, 9.17) is 4.42 Å². The number of carbonyl (C=O) groups is 1. The first-order valence-electron chi connectivity index (χ1n) is 8.22. The van der Waals surface area contributed by atoms with E-state index >= 15 is 0 Å². The lowest BCUT2D eigenvalue weighted by molar-refractivity contribution is -0.121. The van der Waals surface area contributed by atoms with Gasteiger partial charge in [0.25, 0.3) is 0 Å². The number of oxazole rings is 1. The van der Waals surface area contributed by atoms with Gasteiger partial charge in [-0.2, -0.15) is 0 Å². The molecule has 1 atom stereocenters. The fourth-order valence-corrected chi connectivity index (χ4v) is 2.75. The molecule has 1 amide bonds. The Balaban J connectivity index is 1.47. The van der Waals surface area contributed by atoms with Gasteiger partial charge in [-0.1, -0.05) is 29.8 Å². The monoisotopic (exact) mass is 313 g/mol. The van der Waals surface area contributed by atoms with Gasteiger partial charge in [0.2, 0.25) is 5.91 Å². The molecule has 1 fully saturated rings. The van der Waals surface area contributed by atoms with E-state index in [0.717, 1.165) is 24.3 Å². The van der Waals surface area contributed by atoms with Crippen LogP contribution >= 0.6 is 0 Å². The zero-order valence-electron chi connectivity index (χ0n) is 13.5. The Morgan fingerprint density at radius 2 is 2.22 bits per heavy atom. The van der Waals surface area contributed by atoms with E-state index in [2.05, 4.69) is 22.5 Å². The van der Waals surface area contributed by atoms with Crippen molar-refractivity contribution >= 4 is 5.91 Å². The maximum absolute atomic E-state index is 11.9. The Bertz CT molecular complexity index is 643. The molecule has 2 N–H and O–H groups in total. The second kappa shape index (κ2) is 7.42. The molecule has 3 rings (SSSR count). The molecule has 0 aliphatic carbocycles. The van der Waals surface area contributed by atoms with Crippen LogP contribution in [0.5, 0.6) is 0 Å². The zero-order chi connectivity index (χ0) is 16.1. The maximum atomic E-state index is 11.9. The quantitative estimate of drug-likeness (QED) is 0.859. The smallest absolute Gasteiger partial charge is 0.220 e. The lowest BCUT2D eigenvalue weighted by Crippen LogP contribution is -2.37. The first-order valence-corrected chi connectivity index (χ1v) is 8.22. The fraction of sp³-hybridized carbons (Fsp3) is 0.444. The van der Waals surface area contributed by atoms with E-state index in [0.29, 0.717) is 31.3 Å². The van der Waals surface area contributed by atoms with Crippen LogP contribution < -0.4 is 10.6 Å². The number of nitrogens with zero attached hydrogens (tertiary/aromatic N) is 1. The second-order valence-corrected chi connectivity index (χ2v) is 6.08. The molecule has 0 spiro atoms. The molecule has 0 bridgehead atoms. The predicted octanol–water partition coefficient (Wildman–Crippen LogP) is 2.45. The third-order valence-electron chi connectivity index (χ3n) is 4.16. The first kappa shape index (κ1) is 15.7. The van der Waals surface area contributed by atoms with Gasteiger partial charge >= 0.3 is 0 Å². The summed E-state index contributed by atoms with van der Waals surface area (Å²) in [5.74, 6) is 1.40. The molecular weight excluding hydrogens is 290 g/mol. The standard InChI is InChI=1S/C18H23N3O2/c1-13-4-6-14(7-5-13)16-12-21-18(23-16)9-8-17(22)20-11-15-3-2-10-19-15/h4-7,12,15,19H,2-3,8-11H2,1H3,(H,20,22). The largest absolute Gasteiger partial charge is 0.441 e. The highest BCUT2D eigenvalue weighted by atomic mass is 16.4. The third kappa shape index (κ3) is 4.42. The van der Waals surface area contributed by atoms with Crippen molar-refractivity contribution in [2.75, 3.05) is 13.1 Å². The van der Waals surface area contributed by atoms with Gasteiger partial charge in [0, 0.05) is 31.0 Å². The van der Waals surface area contributed by atoms with Crippen LogP contribution in [0.4, 0.5) is 0 Å².